The van der Waals surface area contributed by atoms with Gasteiger partial charge in [-0.2, -0.15) is 11.8 Å². The van der Waals surface area contributed by atoms with Gasteiger partial charge in [-0.05, 0) is 37.3 Å². The molecule has 1 fully saturated rings. The van der Waals surface area contributed by atoms with Crippen LogP contribution in [0, 0.1) is 0 Å². The van der Waals surface area contributed by atoms with E-state index in [2.05, 4.69) is 44.6 Å². The van der Waals surface area contributed by atoms with Crippen LogP contribution in [-0.2, 0) is 0 Å². The Labute approximate surface area is 124 Å². The van der Waals surface area contributed by atoms with Crippen LogP contribution in [0.3, 0.4) is 0 Å². The molecule has 2 aromatic rings. The quantitative estimate of drug-likeness (QED) is 0.867. The lowest BCUT2D eigenvalue weighted by molar-refractivity contribution is 0.380. The zero-order valence-corrected chi connectivity index (χ0v) is 13.4. The summed E-state index contributed by atoms with van der Waals surface area (Å²) in [5, 5.41) is 4.56. The van der Waals surface area contributed by atoms with Crippen LogP contribution in [0.4, 0.5) is 5.13 Å². The topological polar surface area (TPSA) is 24.9 Å². The van der Waals surface area contributed by atoms with E-state index in [0.717, 1.165) is 21.7 Å². The fourth-order valence-electron chi connectivity index (χ4n) is 2.23. The summed E-state index contributed by atoms with van der Waals surface area (Å²) in [6, 6.07) is 6.24. The van der Waals surface area contributed by atoms with Crippen LogP contribution in [0.1, 0.15) is 19.3 Å². The first-order chi connectivity index (χ1) is 8.71. The van der Waals surface area contributed by atoms with Crippen molar-refractivity contribution >= 4 is 54.4 Å². The molecule has 3 rings (SSSR count). The molecule has 0 atom stereocenters. The fourth-order valence-corrected chi connectivity index (χ4v) is 4.56. The van der Waals surface area contributed by atoms with Crippen LogP contribution in [0.15, 0.2) is 22.7 Å². The van der Waals surface area contributed by atoms with Gasteiger partial charge in [0.2, 0.25) is 0 Å². The van der Waals surface area contributed by atoms with Crippen molar-refractivity contribution < 1.29 is 0 Å². The lowest BCUT2D eigenvalue weighted by atomic mass is 9.84. The van der Waals surface area contributed by atoms with Gasteiger partial charge in [-0.3, -0.25) is 0 Å². The van der Waals surface area contributed by atoms with Gasteiger partial charge < -0.3 is 5.32 Å². The molecule has 2 nitrogen and oxygen atoms in total. The molecule has 0 aliphatic heterocycles. The van der Waals surface area contributed by atoms with Crippen molar-refractivity contribution in [3.63, 3.8) is 0 Å². The van der Waals surface area contributed by atoms with Crippen molar-refractivity contribution in [2.45, 2.75) is 24.0 Å². The molecular weight excluding hydrogens is 328 g/mol. The second-order valence-electron chi connectivity index (χ2n) is 4.73. The number of nitrogens with zero attached hydrogens (tertiary/aromatic N) is 1. The molecule has 1 aromatic carbocycles. The maximum atomic E-state index is 4.63. The molecule has 1 aromatic heterocycles. The third kappa shape index (κ3) is 2.40. The van der Waals surface area contributed by atoms with Crippen molar-refractivity contribution in [1.82, 2.24) is 4.98 Å². The Morgan fingerprint density at radius 3 is 3.00 bits per heavy atom. The Hall–Kier alpha value is -0.260. The first-order valence-electron chi connectivity index (χ1n) is 6.06. The molecule has 0 amide bonds. The molecule has 1 aliphatic rings. The van der Waals surface area contributed by atoms with E-state index in [9.17, 15) is 0 Å². The highest BCUT2D eigenvalue weighted by Gasteiger charge is 2.35. The molecule has 0 unspecified atom stereocenters. The van der Waals surface area contributed by atoms with Crippen molar-refractivity contribution in [1.29, 1.82) is 0 Å². The molecule has 1 N–H and O–H groups in total. The predicted octanol–water partition coefficient (Wildman–Crippen LogP) is 4.76. The van der Waals surface area contributed by atoms with Crippen LogP contribution in [-0.4, -0.2) is 22.5 Å². The zero-order valence-electron chi connectivity index (χ0n) is 10.2. The molecule has 0 bridgehead atoms. The summed E-state index contributed by atoms with van der Waals surface area (Å²) >= 11 is 7.23. The number of thiazole rings is 1. The van der Waals surface area contributed by atoms with Gasteiger partial charge in [0.15, 0.2) is 5.13 Å². The normalized spacial score (nSPS) is 17.7. The van der Waals surface area contributed by atoms with Gasteiger partial charge in [0.1, 0.15) is 0 Å². The first-order valence-corrected chi connectivity index (χ1v) is 8.89. The number of nitrogens with one attached hydrogen (secondary N) is 1. The van der Waals surface area contributed by atoms with Gasteiger partial charge in [-0.15, -0.1) is 0 Å². The monoisotopic (exact) mass is 342 g/mol. The number of thioether (sulfide) groups is 1. The third-order valence-electron chi connectivity index (χ3n) is 3.61. The summed E-state index contributed by atoms with van der Waals surface area (Å²) < 4.78 is 2.81. The van der Waals surface area contributed by atoms with Crippen LogP contribution >= 0.6 is 39.0 Å². The number of hydrogen-bond acceptors (Lipinski definition) is 4. The van der Waals surface area contributed by atoms with Gasteiger partial charge in [0.25, 0.3) is 0 Å². The van der Waals surface area contributed by atoms with Crippen LogP contribution < -0.4 is 5.32 Å². The standard InChI is InChI=1S/C13H15BrN2S2/c1-17-13(5-2-6-13)8-15-12-16-10-4-3-9(14)7-11(10)18-12/h3-4,7H,2,5-6,8H2,1H3,(H,15,16). The number of fused-ring (bicyclic) bond motifs is 1. The summed E-state index contributed by atoms with van der Waals surface area (Å²) in [4.78, 5) is 4.63. The first kappa shape index (κ1) is 12.8. The molecule has 5 heteroatoms. The highest BCUT2D eigenvalue weighted by atomic mass is 79.9. The van der Waals surface area contributed by atoms with Gasteiger partial charge >= 0.3 is 0 Å². The van der Waals surface area contributed by atoms with Crippen molar-refractivity contribution in [3.05, 3.63) is 22.7 Å². The van der Waals surface area contributed by atoms with E-state index in [1.165, 1.54) is 24.0 Å². The van der Waals surface area contributed by atoms with E-state index >= 15 is 0 Å². The Bertz CT molecular complexity index is 558. The summed E-state index contributed by atoms with van der Waals surface area (Å²) in [5.74, 6) is 0. The van der Waals surface area contributed by atoms with Crippen LogP contribution in [0.2, 0.25) is 0 Å². The summed E-state index contributed by atoms with van der Waals surface area (Å²) in [6.45, 7) is 1.04. The minimum atomic E-state index is 0.457. The lowest BCUT2D eigenvalue weighted by Gasteiger charge is -2.40. The van der Waals surface area contributed by atoms with Crippen molar-refractivity contribution in [3.8, 4) is 0 Å². The van der Waals surface area contributed by atoms with E-state index in [0.29, 0.717) is 4.75 Å². The number of halogens is 1. The molecule has 0 spiro atoms. The van der Waals surface area contributed by atoms with Gasteiger partial charge in [-0.25, -0.2) is 4.98 Å². The highest BCUT2D eigenvalue weighted by Crippen LogP contribution is 2.43. The van der Waals surface area contributed by atoms with Crippen molar-refractivity contribution in [2.24, 2.45) is 0 Å². The Morgan fingerprint density at radius 2 is 2.33 bits per heavy atom. The average molecular weight is 343 g/mol. The SMILES string of the molecule is CSC1(CNc2nc3ccc(Br)cc3s2)CCC1. The third-order valence-corrected chi connectivity index (χ3v) is 6.50. The second kappa shape index (κ2) is 5.02. The molecule has 96 valence electrons. The summed E-state index contributed by atoms with van der Waals surface area (Å²) in [5.41, 5.74) is 1.08. The summed E-state index contributed by atoms with van der Waals surface area (Å²) in [7, 11) is 0. The van der Waals surface area contributed by atoms with E-state index in [1.54, 1.807) is 11.3 Å². The van der Waals surface area contributed by atoms with E-state index in [1.807, 2.05) is 17.8 Å². The number of aromatic nitrogens is 1. The minimum Gasteiger partial charge on any atom is -0.360 e. The second-order valence-corrected chi connectivity index (χ2v) is 7.95. The zero-order chi connectivity index (χ0) is 12.6. The van der Waals surface area contributed by atoms with Gasteiger partial charge in [-0.1, -0.05) is 33.7 Å². The van der Waals surface area contributed by atoms with Crippen LogP contribution in [0.25, 0.3) is 10.2 Å². The molecule has 0 radical (unpaired) electrons. The molecule has 1 aliphatic carbocycles. The van der Waals surface area contributed by atoms with Gasteiger partial charge in [0.05, 0.1) is 10.2 Å². The largest absolute Gasteiger partial charge is 0.360 e. The lowest BCUT2D eigenvalue weighted by Crippen LogP contribution is -2.40. The number of benzene rings is 1. The highest BCUT2D eigenvalue weighted by molar-refractivity contribution is 9.10. The van der Waals surface area contributed by atoms with Gasteiger partial charge in [0, 0.05) is 15.8 Å². The fraction of sp³-hybridized carbons (Fsp3) is 0.462. The number of hydrogen-bond donors (Lipinski definition) is 1. The predicted molar refractivity (Wildman–Crippen MR) is 85.9 cm³/mol. The Balaban J connectivity index is 1.74. The maximum Gasteiger partial charge on any atom is 0.183 e. The smallest absolute Gasteiger partial charge is 0.183 e. The summed E-state index contributed by atoms with van der Waals surface area (Å²) in [6.07, 6.45) is 6.25. The molecule has 1 heterocycles. The minimum absolute atomic E-state index is 0.457. The maximum absolute atomic E-state index is 4.63. The van der Waals surface area contributed by atoms with E-state index in [4.69, 9.17) is 0 Å². The Morgan fingerprint density at radius 1 is 1.50 bits per heavy atom. The average Bonchev–Trinajstić information content (AvgIpc) is 2.70. The molecule has 18 heavy (non-hydrogen) atoms. The molecular formula is C13H15BrN2S2. The molecule has 1 saturated carbocycles. The van der Waals surface area contributed by atoms with E-state index in [-0.39, 0.29) is 0 Å². The number of rotatable bonds is 4. The van der Waals surface area contributed by atoms with Crippen molar-refractivity contribution in [2.75, 3.05) is 18.1 Å². The van der Waals surface area contributed by atoms with E-state index < -0.39 is 0 Å². The molecule has 0 saturated heterocycles. The Kier molecular flexibility index (Phi) is 3.56. The van der Waals surface area contributed by atoms with Crippen LogP contribution in [0.5, 0.6) is 0 Å². The number of anilines is 1.